The van der Waals surface area contributed by atoms with Crippen molar-refractivity contribution in [3.8, 4) is 0 Å². The number of carbonyl (C=O) groups is 1. The van der Waals surface area contributed by atoms with Crippen molar-refractivity contribution in [3.05, 3.63) is 35.9 Å². The first kappa shape index (κ1) is 17.7. The third-order valence-corrected chi connectivity index (χ3v) is 3.07. The summed E-state index contributed by atoms with van der Waals surface area (Å²) < 4.78 is 11.1. The summed E-state index contributed by atoms with van der Waals surface area (Å²) in [6.45, 7) is 7.60. The van der Waals surface area contributed by atoms with E-state index in [2.05, 4.69) is 0 Å². The molecule has 0 amide bonds. The van der Waals surface area contributed by atoms with Gasteiger partial charge in [0.05, 0.1) is 18.1 Å². The number of aliphatic hydroxyl groups excluding tert-OH is 1. The van der Waals surface area contributed by atoms with Crippen LogP contribution in [0.25, 0.3) is 0 Å². The summed E-state index contributed by atoms with van der Waals surface area (Å²) in [5.41, 5.74) is 0.409. The third-order valence-electron chi connectivity index (χ3n) is 3.07. The van der Waals surface area contributed by atoms with Crippen LogP contribution in [0.4, 0.5) is 0 Å². The van der Waals surface area contributed by atoms with Crippen molar-refractivity contribution < 1.29 is 19.4 Å². The molecule has 0 aliphatic rings. The second-order valence-electron chi connectivity index (χ2n) is 6.18. The predicted molar refractivity (Wildman–Crippen MR) is 81.5 cm³/mol. The molecular formula is C17H26O4. The van der Waals surface area contributed by atoms with E-state index in [4.69, 9.17) is 9.47 Å². The van der Waals surface area contributed by atoms with Crippen LogP contribution < -0.4 is 0 Å². The number of aliphatic hydroxyl groups is 1. The number of hydrogen-bond acceptors (Lipinski definition) is 4. The number of benzene rings is 1. The molecule has 4 heteroatoms. The molecule has 0 saturated heterocycles. The molecule has 0 aromatic heterocycles. The fourth-order valence-electron chi connectivity index (χ4n) is 1.60. The van der Waals surface area contributed by atoms with Gasteiger partial charge in [0, 0.05) is 6.42 Å². The molecule has 1 aromatic carbocycles. The maximum atomic E-state index is 12.0. The molecule has 1 N–H and O–H groups in total. The molecule has 0 heterocycles. The van der Waals surface area contributed by atoms with Crippen LogP contribution in [-0.4, -0.2) is 23.5 Å². The maximum Gasteiger partial charge on any atom is 0.313 e. The molecule has 0 saturated carbocycles. The second kappa shape index (κ2) is 8.15. The van der Waals surface area contributed by atoms with Gasteiger partial charge in [0.2, 0.25) is 6.29 Å². The van der Waals surface area contributed by atoms with E-state index in [1.54, 1.807) is 20.8 Å². The molecule has 2 atom stereocenters. The summed E-state index contributed by atoms with van der Waals surface area (Å²) >= 11 is 0. The van der Waals surface area contributed by atoms with Gasteiger partial charge < -0.3 is 14.6 Å². The number of ether oxygens (including phenoxy) is 2. The summed E-state index contributed by atoms with van der Waals surface area (Å²) in [4.78, 5) is 12.0. The smallest absolute Gasteiger partial charge is 0.313 e. The van der Waals surface area contributed by atoms with Crippen LogP contribution in [0.1, 0.15) is 46.1 Å². The molecule has 1 aromatic rings. The number of hydrogen-bond donors (Lipinski definition) is 1. The summed E-state index contributed by atoms with van der Waals surface area (Å²) in [5, 5.41) is 9.77. The van der Waals surface area contributed by atoms with Gasteiger partial charge in [0.15, 0.2) is 0 Å². The van der Waals surface area contributed by atoms with Crippen molar-refractivity contribution in [2.24, 2.45) is 5.41 Å². The largest absolute Gasteiger partial charge is 0.435 e. The zero-order valence-corrected chi connectivity index (χ0v) is 13.3. The van der Waals surface area contributed by atoms with E-state index in [0.29, 0.717) is 13.0 Å². The number of carbonyl (C=O) groups excluding carboxylic acids is 1. The minimum atomic E-state index is -0.730. The van der Waals surface area contributed by atoms with Crippen molar-refractivity contribution in [2.45, 2.75) is 59.5 Å². The van der Waals surface area contributed by atoms with Crippen LogP contribution in [0, 0.1) is 5.41 Å². The van der Waals surface area contributed by atoms with Gasteiger partial charge in [0.1, 0.15) is 0 Å². The lowest BCUT2D eigenvalue weighted by molar-refractivity contribution is -0.196. The van der Waals surface area contributed by atoms with E-state index >= 15 is 0 Å². The van der Waals surface area contributed by atoms with Crippen molar-refractivity contribution in [3.63, 3.8) is 0 Å². The van der Waals surface area contributed by atoms with Crippen LogP contribution in [0.5, 0.6) is 0 Å². The summed E-state index contributed by atoms with van der Waals surface area (Å²) in [5.74, 6) is -0.330. The summed E-state index contributed by atoms with van der Waals surface area (Å²) in [6, 6.07) is 9.67. The Kier molecular flexibility index (Phi) is 6.85. The Balaban J connectivity index is 2.62. The van der Waals surface area contributed by atoms with Crippen molar-refractivity contribution >= 4 is 5.97 Å². The quantitative estimate of drug-likeness (QED) is 0.619. The lowest BCUT2D eigenvalue weighted by atomic mass is 9.97. The molecule has 0 radical (unpaired) electrons. The fourth-order valence-corrected chi connectivity index (χ4v) is 1.60. The van der Waals surface area contributed by atoms with Crippen molar-refractivity contribution in [2.75, 3.05) is 0 Å². The highest BCUT2D eigenvalue weighted by molar-refractivity contribution is 5.75. The first-order valence-corrected chi connectivity index (χ1v) is 7.37. The average Bonchev–Trinajstić information content (AvgIpc) is 2.44. The summed E-state index contributed by atoms with van der Waals surface area (Å²) in [7, 11) is 0. The van der Waals surface area contributed by atoms with E-state index in [0.717, 1.165) is 5.56 Å². The highest BCUT2D eigenvalue weighted by atomic mass is 16.7. The molecule has 21 heavy (non-hydrogen) atoms. The van der Waals surface area contributed by atoms with Crippen LogP contribution in [-0.2, 0) is 20.9 Å². The van der Waals surface area contributed by atoms with Gasteiger partial charge in [-0.3, -0.25) is 4.79 Å². The topological polar surface area (TPSA) is 55.8 Å². The van der Waals surface area contributed by atoms with Crippen LogP contribution >= 0.6 is 0 Å². The lowest BCUT2D eigenvalue weighted by Crippen LogP contribution is -2.32. The molecule has 0 spiro atoms. The molecule has 0 bridgehead atoms. The molecular weight excluding hydrogens is 268 g/mol. The van der Waals surface area contributed by atoms with Gasteiger partial charge in [0.25, 0.3) is 0 Å². The van der Waals surface area contributed by atoms with Gasteiger partial charge in [-0.1, -0.05) is 37.3 Å². The van der Waals surface area contributed by atoms with Gasteiger partial charge >= 0.3 is 5.97 Å². The maximum absolute atomic E-state index is 12.0. The second-order valence-corrected chi connectivity index (χ2v) is 6.18. The normalized spacial score (nSPS) is 14.5. The Hall–Kier alpha value is -1.39. The zero-order chi connectivity index (χ0) is 15.9. The standard InChI is InChI=1S/C17H26O4/c1-5-14(18)11-15(21-16(19)17(2,3)4)20-12-13-9-7-6-8-10-13/h6-10,14-15,18H,5,11-12H2,1-4H3. The monoisotopic (exact) mass is 294 g/mol. The zero-order valence-electron chi connectivity index (χ0n) is 13.3. The van der Waals surface area contributed by atoms with Crippen molar-refractivity contribution in [1.82, 2.24) is 0 Å². The molecule has 0 fully saturated rings. The molecule has 118 valence electrons. The van der Waals surface area contributed by atoms with E-state index in [-0.39, 0.29) is 12.4 Å². The Bertz CT molecular complexity index is 422. The molecule has 0 aliphatic carbocycles. The number of esters is 1. The van der Waals surface area contributed by atoms with Crippen LogP contribution in [0.15, 0.2) is 30.3 Å². The van der Waals surface area contributed by atoms with Crippen molar-refractivity contribution in [1.29, 1.82) is 0 Å². The SMILES string of the molecule is CCC(O)CC(OCc1ccccc1)OC(=O)C(C)(C)C. The Morgan fingerprint density at radius 2 is 1.86 bits per heavy atom. The molecule has 2 unspecified atom stereocenters. The lowest BCUT2D eigenvalue weighted by Gasteiger charge is -2.25. The first-order chi connectivity index (χ1) is 9.82. The van der Waals surface area contributed by atoms with E-state index in [1.165, 1.54) is 0 Å². The number of rotatable bonds is 7. The molecule has 4 nitrogen and oxygen atoms in total. The Labute approximate surface area is 127 Å². The fraction of sp³-hybridized carbons (Fsp3) is 0.588. The highest BCUT2D eigenvalue weighted by Crippen LogP contribution is 2.19. The van der Waals surface area contributed by atoms with Gasteiger partial charge in [-0.05, 0) is 32.8 Å². The van der Waals surface area contributed by atoms with Crippen LogP contribution in [0.3, 0.4) is 0 Å². The minimum Gasteiger partial charge on any atom is -0.435 e. The van der Waals surface area contributed by atoms with Gasteiger partial charge in [-0.15, -0.1) is 0 Å². The average molecular weight is 294 g/mol. The van der Waals surface area contributed by atoms with E-state index < -0.39 is 17.8 Å². The van der Waals surface area contributed by atoms with Gasteiger partial charge in [-0.2, -0.15) is 0 Å². The Morgan fingerprint density at radius 1 is 1.24 bits per heavy atom. The minimum absolute atomic E-state index is 0.283. The Morgan fingerprint density at radius 3 is 2.38 bits per heavy atom. The van der Waals surface area contributed by atoms with Gasteiger partial charge in [-0.25, -0.2) is 0 Å². The third kappa shape index (κ3) is 6.74. The molecule has 1 rings (SSSR count). The van der Waals surface area contributed by atoms with E-state index in [1.807, 2.05) is 37.3 Å². The van der Waals surface area contributed by atoms with E-state index in [9.17, 15) is 9.90 Å². The van der Waals surface area contributed by atoms with Crippen LogP contribution in [0.2, 0.25) is 0 Å². The highest BCUT2D eigenvalue weighted by Gasteiger charge is 2.27. The first-order valence-electron chi connectivity index (χ1n) is 7.37. The molecule has 0 aliphatic heterocycles. The summed E-state index contributed by atoms with van der Waals surface area (Å²) in [6.07, 6.45) is -0.394. The predicted octanol–water partition coefficient (Wildman–Crippen LogP) is 3.28.